The van der Waals surface area contributed by atoms with Crippen LogP contribution in [0.25, 0.3) is 0 Å². The molecule has 0 saturated carbocycles. The van der Waals surface area contributed by atoms with Crippen LogP contribution in [0.3, 0.4) is 0 Å². The number of halogens is 1. The summed E-state index contributed by atoms with van der Waals surface area (Å²) in [5.41, 5.74) is 0.522. The molecule has 5 nitrogen and oxygen atoms in total. The van der Waals surface area contributed by atoms with E-state index in [0.29, 0.717) is 25.0 Å². The molecule has 2 aliphatic rings. The third-order valence-corrected chi connectivity index (χ3v) is 5.21. The van der Waals surface area contributed by atoms with Gasteiger partial charge in [-0.15, -0.1) is 0 Å². The lowest BCUT2D eigenvalue weighted by atomic mass is 9.97. The van der Waals surface area contributed by atoms with Crippen LogP contribution in [-0.4, -0.2) is 42.5 Å². The Morgan fingerprint density at radius 3 is 2.92 bits per heavy atom. The molecular formula is C19H25FN2O3. The molecule has 0 aliphatic carbocycles. The van der Waals surface area contributed by atoms with E-state index in [0.717, 1.165) is 19.3 Å². The van der Waals surface area contributed by atoms with Crippen molar-refractivity contribution in [2.75, 3.05) is 13.7 Å². The van der Waals surface area contributed by atoms with Gasteiger partial charge in [0.25, 0.3) is 0 Å². The number of carbonyl (C=O) groups excluding carboxylic acids is 2. The van der Waals surface area contributed by atoms with E-state index in [4.69, 9.17) is 4.74 Å². The van der Waals surface area contributed by atoms with Crippen molar-refractivity contribution in [3.63, 3.8) is 0 Å². The standard InChI is InChI=1S/C19H25FN2O3/c1-25-11-10-19(24)22-16-8-4-5-9-18(23)21-15(16)12-17(22)13-6-2-3-7-14(13)20/h2-3,6-7,15-17H,4-5,8-12H2,1H3,(H,21,23)/t15-,16+,17+/m1/s1. The molecule has 0 aromatic heterocycles. The van der Waals surface area contributed by atoms with Crippen LogP contribution in [-0.2, 0) is 14.3 Å². The van der Waals surface area contributed by atoms with Crippen LogP contribution < -0.4 is 5.32 Å². The van der Waals surface area contributed by atoms with E-state index in [1.165, 1.54) is 6.07 Å². The number of carbonyl (C=O) groups is 2. The average Bonchev–Trinajstić information content (AvgIpc) is 2.92. The summed E-state index contributed by atoms with van der Waals surface area (Å²) in [5.74, 6) is -0.330. The van der Waals surface area contributed by atoms with Gasteiger partial charge in [-0.1, -0.05) is 24.6 Å². The van der Waals surface area contributed by atoms with Crippen molar-refractivity contribution in [3.8, 4) is 0 Å². The topological polar surface area (TPSA) is 58.6 Å². The molecule has 136 valence electrons. The minimum atomic E-state index is -0.348. The molecule has 2 amide bonds. The fourth-order valence-corrected chi connectivity index (χ4v) is 4.05. The number of amides is 2. The first kappa shape index (κ1) is 17.9. The van der Waals surface area contributed by atoms with Crippen molar-refractivity contribution in [2.45, 2.75) is 56.7 Å². The van der Waals surface area contributed by atoms with Crippen LogP contribution in [0.1, 0.15) is 50.1 Å². The van der Waals surface area contributed by atoms with Crippen molar-refractivity contribution in [2.24, 2.45) is 0 Å². The van der Waals surface area contributed by atoms with Gasteiger partial charge >= 0.3 is 0 Å². The van der Waals surface area contributed by atoms with Crippen molar-refractivity contribution in [1.29, 1.82) is 0 Å². The molecule has 2 fully saturated rings. The van der Waals surface area contributed by atoms with Crippen LogP contribution in [0, 0.1) is 5.82 Å². The van der Waals surface area contributed by atoms with E-state index in [1.54, 1.807) is 30.2 Å². The number of hydrogen-bond donors (Lipinski definition) is 1. The van der Waals surface area contributed by atoms with E-state index in [9.17, 15) is 14.0 Å². The Kier molecular flexibility index (Phi) is 5.68. The smallest absolute Gasteiger partial charge is 0.225 e. The van der Waals surface area contributed by atoms with E-state index in [1.807, 2.05) is 0 Å². The van der Waals surface area contributed by atoms with E-state index >= 15 is 0 Å². The quantitative estimate of drug-likeness (QED) is 0.910. The maximum absolute atomic E-state index is 14.4. The van der Waals surface area contributed by atoms with Gasteiger partial charge in [0.2, 0.25) is 11.8 Å². The summed E-state index contributed by atoms with van der Waals surface area (Å²) >= 11 is 0. The summed E-state index contributed by atoms with van der Waals surface area (Å²) in [6.07, 6.45) is 3.88. The molecule has 0 spiro atoms. The Hall–Kier alpha value is -1.95. The number of ether oxygens (including phenoxy) is 1. The van der Waals surface area contributed by atoms with E-state index < -0.39 is 0 Å². The number of nitrogens with zero attached hydrogens (tertiary/aromatic N) is 1. The zero-order chi connectivity index (χ0) is 17.8. The van der Waals surface area contributed by atoms with Crippen molar-refractivity contribution in [3.05, 3.63) is 35.6 Å². The lowest BCUT2D eigenvalue weighted by Crippen LogP contribution is -2.48. The zero-order valence-electron chi connectivity index (χ0n) is 14.5. The van der Waals surface area contributed by atoms with Crippen molar-refractivity contribution >= 4 is 11.8 Å². The predicted molar refractivity (Wildman–Crippen MR) is 91.3 cm³/mol. The van der Waals surface area contributed by atoms with Crippen LogP contribution >= 0.6 is 0 Å². The summed E-state index contributed by atoms with van der Waals surface area (Å²) in [6, 6.07) is 6.04. The number of fused-ring (bicyclic) bond motifs is 1. The second-order valence-corrected chi connectivity index (χ2v) is 6.80. The minimum absolute atomic E-state index is 0.0215. The third-order valence-electron chi connectivity index (χ3n) is 5.21. The Labute approximate surface area is 147 Å². The molecule has 1 aromatic rings. The SMILES string of the molecule is COCCC(=O)N1[C@H](c2ccccc2F)C[C@H]2NC(=O)CCCC[C@@H]21. The van der Waals surface area contributed by atoms with Gasteiger partial charge in [-0.05, 0) is 25.3 Å². The highest BCUT2D eigenvalue weighted by atomic mass is 19.1. The van der Waals surface area contributed by atoms with Crippen LogP contribution in [0.4, 0.5) is 4.39 Å². The van der Waals surface area contributed by atoms with Gasteiger partial charge in [0.15, 0.2) is 0 Å². The first-order valence-corrected chi connectivity index (χ1v) is 8.95. The lowest BCUT2D eigenvalue weighted by molar-refractivity contribution is -0.136. The molecule has 0 unspecified atom stereocenters. The van der Waals surface area contributed by atoms with E-state index in [2.05, 4.69) is 5.32 Å². The number of methoxy groups -OCH3 is 1. The number of rotatable bonds is 4. The summed E-state index contributed by atoms with van der Waals surface area (Å²) in [7, 11) is 1.56. The fourth-order valence-electron chi connectivity index (χ4n) is 4.05. The molecule has 1 N–H and O–H groups in total. The Morgan fingerprint density at radius 1 is 1.36 bits per heavy atom. The van der Waals surface area contributed by atoms with Crippen molar-refractivity contribution < 1.29 is 18.7 Å². The van der Waals surface area contributed by atoms with Crippen LogP contribution in [0.2, 0.25) is 0 Å². The zero-order valence-corrected chi connectivity index (χ0v) is 14.5. The Bertz CT molecular complexity index is 637. The average molecular weight is 348 g/mol. The number of benzene rings is 1. The van der Waals surface area contributed by atoms with Gasteiger partial charge in [0.1, 0.15) is 5.82 Å². The summed E-state index contributed by atoms with van der Waals surface area (Å²) < 4.78 is 19.4. The highest BCUT2D eigenvalue weighted by Gasteiger charge is 2.45. The largest absolute Gasteiger partial charge is 0.384 e. The van der Waals surface area contributed by atoms with Gasteiger partial charge in [-0.3, -0.25) is 9.59 Å². The van der Waals surface area contributed by atoms with Gasteiger partial charge in [-0.2, -0.15) is 0 Å². The van der Waals surface area contributed by atoms with Crippen LogP contribution in [0.5, 0.6) is 0 Å². The molecule has 3 atom stereocenters. The molecule has 2 heterocycles. The van der Waals surface area contributed by atoms with Gasteiger partial charge < -0.3 is 15.0 Å². The first-order valence-electron chi connectivity index (χ1n) is 8.95. The summed E-state index contributed by atoms with van der Waals surface area (Å²) in [6.45, 7) is 0.336. The summed E-state index contributed by atoms with van der Waals surface area (Å²) in [4.78, 5) is 26.7. The van der Waals surface area contributed by atoms with Crippen molar-refractivity contribution in [1.82, 2.24) is 10.2 Å². The maximum atomic E-state index is 14.4. The number of nitrogens with one attached hydrogen (secondary N) is 1. The second kappa shape index (κ2) is 7.95. The molecule has 6 heteroatoms. The molecule has 25 heavy (non-hydrogen) atoms. The molecule has 3 rings (SSSR count). The van der Waals surface area contributed by atoms with Gasteiger partial charge in [0, 0.05) is 19.1 Å². The normalized spacial score (nSPS) is 26.6. The second-order valence-electron chi connectivity index (χ2n) is 6.80. The number of likely N-dealkylation sites (tertiary alicyclic amines) is 1. The van der Waals surface area contributed by atoms with E-state index in [-0.39, 0.29) is 42.2 Å². The molecular weight excluding hydrogens is 323 g/mol. The van der Waals surface area contributed by atoms with Crippen LogP contribution in [0.15, 0.2) is 24.3 Å². The number of hydrogen-bond acceptors (Lipinski definition) is 3. The molecule has 0 bridgehead atoms. The van der Waals surface area contributed by atoms with Gasteiger partial charge in [-0.25, -0.2) is 4.39 Å². The summed E-state index contributed by atoms with van der Waals surface area (Å²) in [5, 5.41) is 3.05. The molecule has 1 aromatic carbocycles. The highest BCUT2D eigenvalue weighted by Crippen LogP contribution is 2.40. The lowest BCUT2D eigenvalue weighted by Gasteiger charge is -2.33. The molecule has 0 radical (unpaired) electrons. The predicted octanol–water partition coefficient (Wildman–Crippen LogP) is 2.56. The third kappa shape index (κ3) is 3.84. The molecule has 2 saturated heterocycles. The minimum Gasteiger partial charge on any atom is -0.384 e. The highest BCUT2D eigenvalue weighted by molar-refractivity contribution is 5.79. The Balaban J connectivity index is 1.92. The first-order chi connectivity index (χ1) is 12.1. The fraction of sp³-hybridized carbons (Fsp3) is 0.579. The monoisotopic (exact) mass is 348 g/mol. The Morgan fingerprint density at radius 2 is 2.16 bits per heavy atom. The molecule has 2 aliphatic heterocycles. The van der Waals surface area contributed by atoms with Gasteiger partial charge in [0.05, 0.1) is 31.2 Å². The maximum Gasteiger partial charge on any atom is 0.225 e.